The number of nitrogens with one attached hydrogen (secondary N) is 2. The number of carbonyl (C=O) groups excluding carboxylic acids is 5. The Labute approximate surface area is 398 Å². The lowest BCUT2D eigenvalue weighted by Crippen LogP contribution is -2.66. The zero-order valence-corrected chi connectivity index (χ0v) is 40.9. The Morgan fingerprint density at radius 3 is 2.63 bits per heavy atom. The van der Waals surface area contributed by atoms with Gasteiger partial charge < -0.3 is 34.0 Å². The standard InChI is InChI=1S/C51H68N8O7S/c1-9-36(45(52-11-3)33(5)65-8)46-38-27-50(6,7)31-66-32-51(30-60)21-16-23-59(55-51)49(64)39(26-43-53-40(29-67-43)34-18-19-41(37(38)25-34)57(46)12-4)54-47(62)42-17-14-13-15-22-58(42)48(63)35-20-24-56(28-35)44(61)10-2/h9-11,18-19,25,29-30,33,35,39,42,55H,1-2,12-17,20-24,26-28,31-32H2,3-8H3,(H,54,62)/b45-36+,52-11-/t33-,35-,39-,42-,51-/m0/s1. The van der Waals surface area contributed by atoms with E-state index in [9.17, 15) is 24.0 Å². The first-order valence-corrected chi connectivity index (χ1v) is 24.7. The van der Waals surface area contributed by atoms with Gasteiger partial charge in [-0.1, -0.05) is 52.0 Å². The summed E-state index contributed by atoms with van der Waals surface area (Å²) in [4.78, 5) is 82.3. The van der Waals surface area contributed by atoms with Gasteiger partial charge in [-0.05, 0) is 88.5 Å². The third-order valence-electron chi connectivity index (χ3n) is 13.8. The van der Waals surface area contributed by atoms with Crippen LogP contribution in [0.1, 0.15) is 95.8 Å². The molecule has 2 N–H and O–H groups in total. The molecule has 4 amide bonds. The van der Waals surface area contributed by atoms with Gasteiger partial charge in [0.15, 0.2) is 0 Å². The van der Waals surface area contributed by atoms with Crippen LogP contribution in [0.3, 0.4) is 0 Å². The summed E-state index contributed by atoms with van der Waals surface area (Å²) in [6, 6.07) is 4.52. The fraction of sp³-hybridized carbons (Fsp3) is 0.549. The van der Waals surface area contributed by atoms with E-state index in [0.29, 0.717) is 69.9 Å². The van der Waals surface area contributed by atoms with Crippen molar-refractivity contribution in [1.82, 2.24) is 35.1 Å². The lowest BCUT2D eigenvalue weighted by Gasteiger charge is -2.42. The number of allylic oxidation sites excluding steroid dienone is 2. The van der Waals surface area contributed by atoms with E-state index in [2.05, 4.69) is 67.4 Å². The van der Waals surface area contributed by atoms with Crippen LogP contribution in [0.15, 0.2) is 59.6 Å². The second-order valence-electron chi connectivity index (χ2n) is 19.1. The van der Waals surface area contributed by atoms with E-state index in [0.717, 1.165) is 70.2 Å². The maximum Gasteiger partial charge on any atom is 0.259 e. The van der Waals surface area contributed by atoms with E-state index < -0.39 is 40.8 Å². The summed E-state index contributed by atoms with van der Waals surface area (Å²) >= 11 is 1.42. The number of hydrogen-bond acceptors (Lipinski definition) is 11. The molecule has 0 unspecified atom stereocenters. The highest BCUT2D eigenvalue weighted by Gasteiger charge is 2.43. The number of hydrazine groups is 1. The first-order chi connectivity index (χ1) is 32.2. The Kier molecular flexibility index (Phi) is 15.8. The number of aryl methyl sites for hydroxylation is 1. The van der Waals surface area contributed by atoms with Crippen LogP contribution in [-0.4, -0.2) is 131 Å². The number of benzene rings is 1. The fourth-order valence-corrected chi connectivity index (χ4v) is 11.1. The molecule has 4 aliphatic rings. The third-order valence-corrected chi connectivity index (χ3v) is 14.7. The van der Waals surface area contributed by atoms with Gasteiger partial charge in [-0.15, -0.1) is 11.3 Å². The number of aldehydes is 1. The van der Waals surface area contributed by atoms with E-state index in [1.807, 2.05) is 25.3 Å². The topological polar surface area (TPSA) is 168 Å². The first-order valence-electron chi connectivity index (χ1n) is 23.8. The minimum atomic E-state index is -1.19. The summed E-state index contributed by atoms with van der Waals surface area (Å²) in [5.74, 6) is -1.62. The maximum atomic E-state index is 14.8. The average Bonchev–Trinajstić information content (AvgIpc) is 4.03. The Bertz CT molecular complexity index is 2440. The molecule has 67 heavy (non-hydrogen) atoms. The summed E-state index contributed by atoms with van der Waals surface area (Å²) in [5.41, 5.74) is 8.07. The summed E-state index contributed by atoms with van der Waals surface area (Å²) in [7, 11) is 1.68. The van der Waals surface area contributed by atoms with Gasteiger partial charge in [0.2, 0.25) is 17.7 Å². The van der Waals surface area contributed by atoms with Gasteiger partial charge in [0.1, 0.15) is 23.9 Å². The molecule has 6 heterocycles. The molecular weight excluding hydrogens is 869 g/mol. The Morgan fingerprint density at radius 1 is 1.10 bits per heavy atom. The van der Waals surface area contributed by atoms with Crippen LogP contribution in [0.5, 0.6) is 0 Å². The van der Waals surface area contributed by atoms with Gasteiger partial charge >= 0.3 is 0 Å². The number of aliphatic imine (C=N–C) groups is 1. The van der Waals surface area contributed by atoms with Gasteiger partial charge in [-0.25, -0.2) is 10.4 Å². The van der Waals surface area contributed by atoms with Gasteiger partial charge in [-0.2, -0.15) is 0 Å². The summed E-state index contributed by atoms with van der Waals surface area (Å²) in [6.07, 6.45) is 10.4. The molecule has 3 saturated heterocycles. The van der Waals surface area contributed by atoms with Crippen molar-refractivity contribution in [1.29, 1.82) is 0 Å². The predicted octanol–water partition coefficient (Wildman–Crippen LogP) is 6.30. The lowest BCUT2D eigenvalue weighted by atomic mass is 9.84. The summed E-state index contributed by atoms with van der Waals surface area (Å²) in [5, 5.41) is 8.23. The minimum Gasteiger partial charge on any atom is -0.378 e. The number of amides is 4. The number of thiazole rings is 1. The van der Waals surface area contributed by atoms with Crippen LogP contribution in [0.25, 0.3) is 27.7 Å². The van der Waals surface area contributed by atoms with Crippen LogP contribution in [0.2, 0.25) is 0 Å². The number of ether oxygens (including phenoxy) is 2. The molecule has 4 aliphatic heterocycles. The molecule has 360 valence electrons. The number of fused-ring (bicyclic) bond motifs is 6. The van der Waals surface area contributed by atoms with Crippen molar-refractivity contribution in [2.75, 3.05) is 46.5 Å². The van der Waals surface area contributed by atoms with Crippen molar-refractivity contribution in [3.63, 3.8) is 0 Å². The number of rotatable bonds is 11. The van der Waals surface area contributed by atoms with Crippen LogP contribution in [0.4, 0.5) is 0 Å². The molecule has 15 nitrogen and oxygen atoms in total. The van der Waals surface area contributed by atoms with Crippen LogP contribution >= 0.6 is 11.3 Å². The van der Waals surface area contributed by atoms with Crippen molar-refractivity contribution in [3.05, 3.63) is 70.9 Å². The molecule has 1 aromatic carbocycles. The predicted molar refractivity (Wildman–Crippen MR) is 262 cm³/mol. The molecule has 3 aromatic rings. The van der Waals surface area contributed by atoms with E-state index in [-0.39, 0.29) is 37.5 Å². The summed E-state index contributed by atoms with van der Waals surface area (Å²) < 4.78 is 14.7. The number of aromatic nitrogens is 2. The van der Waals surface area contributed by atoms with Crippen molar-refractivity contribution < 1.29 is 33.4 Å². The molecule has 2 aromatic heterocycles. The lowest BCUT2D eigenvalue weighted by molar-refractivity contribution is -0.148. The average molecular weight is 937 g/mol. The molecule has 16 heteroatoms. The highest BCUT2D eigenvalue weighted by atomic mass is 32.1. The van der Waals surface area contributed by atoms with Crippen LogP contribution in [0, 0.1) is 11.3 Å². The van der Waals surface area contributed by atoms with Crippen molar-refractivity contribution in [2.24, 2.45) is 16.3 Å². The largest absolute Gasteiger partial charge is 0.378 e. The highest BCUT2D eigenvalue weighted by molar-refractivity contribution is 7.10. The molecule has 3 fully saturated rings. The van der Waals surface area contributed by atoms with Crippen molar-refractivity contribution >= 4 is 63.9 Å². The number of methoxy groups -OCH3 is 1. The SMILES string of the molecule is C=CC(=O)N1CC[C@H](C(=O)N2CCCCC[C@H]2C(=O)N[C@H]2Cc3nc(cs3)-c3ccc4c(c3)c(c(/C(C=C)=C(/N=C\C)[C@H](C)OC)n4CC)CC(C)(C)COC[C@@]3(C=O)CCCN(N3)C2=O)C1. The molecule has 7 rings (SSSR count). The second-order valence-corrected chi connectivity index (χ2v) is 20.1. The number of nitrogens with zero attached hydrogens (tertiary/aromatic N) is 6. The molecule has 0 aliphatic carbocycles. The molecule has 0 spiro atoms. The third kappa shape index (κ3) is 10.6. The van der Waals surface area contributed by atoms with E-state index in [1.165, 1.54) is 22.4 Å². The quantitative estimate of drug-likeness (QED) is 0.0971. The summed E-state index contributed by atoms with van der Waals surface area (Å²) in [6.45, 7) is 20.7. The Hall–Kier alpha value is -5.29. The molecule has 0 radical (unpaired) electrons. The normalized spacial score (nSPS) is 24.7. The molecule has 6 bridgehead atoms. The zero-order chi connectivity index (χ0) is 48.0. The number of hydrogen-bond donors (Lipinski definition) is 2. The Morgan fingerprint density at radius 2 is 1.91 bits per heavy atom. The first kappa shape index (κ1) is 49.6. The van der Waals surface area contributed by atoms with Gasteiger partial charge in [0.25, 0.3) is 5.91 Å². The molecule has 0 saturated carbocycles. The minimum absolute atomic E-state index is 0.0268. The van der Waals surface area contributed by atoms with E-state index in [4.69, 9.17) is 19.5 Å². The highest BCUT2D eigenvalue weighted by Crippen LogP contribution is 2.40. The van der Waals surface area contributed by atoms with Gasteiger partial charge in [0.05, 0.1) is 47.3 Å². The Balaban J connectivity index is 1.29. The molecular formula is C51H68N8O7S. The fourth-order valence-electron chi connectivity index (χ4n) is 10.3. The van der Waals surface area contributed by atoms with Crippen LogP contribution < -0.4 is 10.7 Å². The van der Waals surface area contributed by atoms with Gasteiger partial charge in [0, 0.05) is 79.9 Å². The van der Waals surface area contributed by atoms with Crippen molar-refractivity contribution in [2.45, 2.75) is 123 Å². The van der Waals surface area contributed by atoms with E-state index in [1.54, 1.807) is 23.1 Å². The monoisotopic (exact) mass is 936 g/mol. The zero-order valence-electron chi connectivity index (χ0n) is 40.1. The van der Waals surface area contributed by atoms with Crippen LogP contribution in [-0.2, 0) is 52.8 Å². The number of likely N-dealkylation sites (tertiary alicyclic amines) is 2. The number of carbonyl (C=O) groups is 5. The molecule has 5 atom stereocenters. The van der Waals surface area contributed by atoms with Crippen molar-refractivity contribution in [3.8, 4) is 11.3 Å². The second kappa shape index (κ2) is 21.3. The maximum absolute atomic E-state index is 14.8. The van der Waals surface area contributed by atoms with E-state index >= 15 is 0 Å². The van der Waals surface area contributed by atoms with Gasteiger partial charge in [-0.3, -0.25) is 29.2 Å². The smallest absolute Gasteiger partial charge is 0.259 e.